The number of aryl methyl sites for hydroxylation is 1. The van der Waals surface area contributed by atoms with Crippen LogP contribution < -0.4 is 11.3 Å². The van der Waals surface area contributed by atoms with E-state index in [-0.39, 0.29) is 18.0 Å². The largest absolute Gasteiger partial charge is 0.376 e. The average Bonchev–Trinajstić information content (AvgIpc) is 2.33. The van der Waals surface area contributed by atoms with Crippen molar-refractivity contribution in [2.24, 2.45) is 5.84 Å². The third-order valence-electron chi connectivity index (χ3n) is 3.07. The summed E-state index contributed by atoms with van der Waals surface area (Å²) in [5, 5.41) is 0. The summed E-state index contributed by atoms with van der Waals surface area (Å²) in [5.41, 5.74) is 4.68. The van der Waals surface area contributed by atoms with E-state index in [0.717, 1.165) is 24.0 Å². The molecule has 0 radical (unpaired) electrons. The smallest absolute Gasteiger partial charge is 0.123 e. The fourth-order valence-electron chi connectivity index (χ4n) is 2.23. The maximum atomic E-state index is 13.1. The highest BCUT2D eigenvalue weighted by molar-refractivity contribution is 5.30. The molecule has 0 saturated carbocycles. The van der Waals surface area contributed by atoms with Gasteiger partial charge in [0, 0.05) is 6.61 Å². The number of nitrogens with one attached hydrogen (secondary N) is 1. The molecule has 0 spiro atoms. The molecule has 0 aliphatic rings. The van der Waals surface area contributed by atoms with E-state index in [1.54, 1.807) is 6.07 Å². The maximum absolute atomic E-state index is 13.1. The summed E-state index contributed by atoms with van der Waals surface area (Å²) in [4.78, 5) is 0. The Kier molecular flexibility index (Phi) is 6.25. The van der Waals surface area contributed by atoms with Crippen LogP contribution in [0.25, 0.3) is 0 Å². The minimum Gasteiger partial charge on any atom is -0.376 e. The standard InChI is InChI=1S/C14H23FN2O/c1-4-6-13(18-5-2)14(17-16)12-8-7-11(15)9-10(12)3/h7-9,13-14,17H,4-6,16H2,1-3H3. The van der Waals surface area contributed by atoms with Crippen molar-refractivity contribution < 1.29 is 9.13 Å². The van der Waals surface area contributed by atoms with Gasteiger partial charge in [0.2, 0.25) is 0 Å². The fourth-order valence-corrected chi connectivity index (χ4v) is 2.23. The van der Waals surface area contributed by atoms with Gasteiger partial charge in [0.15, 0.2) is 0 Å². The number of benzene rings is 1. The van der Waals surface area contributed by atoms with E-state index in [2.05, 4.69) is 12.3 Å². The molecule has 0 saturated heterocycles. The van der Waals surface area contributed by atoms with Gasteiger partial charge in [0.25, 0.3) is 0 Å². The van der Waals surface area contributed by atoms with Gasteiger partial charge in [0.05, 0.1) is 12.1 Å². The third-order valence-corrected chi connectivity index (χ3v) is 3.07. The van der Waals surface area contributed by atoms with Crippen molar-refractivity contribution in [1.82, 2.24) is 5.43 Å². The number of hydrogen-bond donors (Lipinski definition) is 2. The van der Waals surface area contributed by atoms with E-state index in [4.69, 9.17) is 10.6 Å². The third kappa shape index (κ3) is 3.77. The Hall–Kier alpha value is -0.970. The number of nitrogens with two attached hydrogens (primary N) is 1. The van der Waals surface area contributed by atoms with Gasteiger partial charge in [-0.05, 0) is 43.5 Å². The number of rotatable bonds is 7. The molecule has 1 aromatic rings. The van der Waals surface area contributed by atoms with Crippen molar-refractivity contribution in [3.05, 3.63) is 35.1 Å². The molecule has 18 heavy (non-hydrogen) atoms. The Labute approximate surface area is 108 Å². The van der Waals surface area contributed by atoms with Crippen LogP contribution in [0.4, 0.5) is 4.39 Å². The van der Waals surface area contributed by atoms with Gasteiger partial charge < -0.3 is 4.74 Å². The second kappa shape index (κ2) is 7.46. The first-order valence-corrected chi connectivity index (χ1v) is 6.47. The first kappa shape index (κ1) is 15.1. The lowest BCUT2D eigenvalue weighted by Gasteiger charge is -2.27. The number of halogens is 1. The summed E-state index contributed by atoms with van der Waals surface area (Å²) >= 11 is 0. The Bertz CT molecular complexity index is 365. The van der Waals surface area contributed by atoms with Gasteiger partial charge in [-0.2, -0.15) is 0 Å². The van der Waals surface area contributed by atoms with Crippen molar-refractivity contribution in [2.75, 3.05) is 6.61 Å². The molecule has 1 rings (SSSR count). The van der Waals surface area contributed by atoms with Crippen molar-refractivity contribution in [1.29, 1.82) is 0 Å². The summed E-state index contributed by atoms with van der Waals surface area (Å²) < 4.78 is 18.9. The highest BCUT2D eigenvalue weighted by Gasteiger charge is 2.23. The van der Waals surface area contributed by atoms with E-state index >= 15 is 0 Å². The second-order valence-corrected chi connectivity index (χ2v) is 4.43. The van der Waals surface area contributed by atoms with Crippen molar-refractivity contribution in [3.63, 3.8) is 0 Å². The first-order chi connectivity index (χ1) is 8.63. The van der Waals surface area contributed by atoms with Crippen LogP contribution in [0.1, 0.15) is 43.9 Å². The highest BCUT2D eigenvalue weighted by Crippen LogP contribution is 2.25. The predicted octanol–water partition coefficient (Wildman–Crippen LogP) is 2.84. The second-order valence-electron chi connectivity index (χ2n) is 4.43. The van der Waals surface area contributed by atoms with E-state index in [1.807, 2.05) is 13.8 Å². The van der Waals surface area contributed by atoms with Crippen molar-refractivity contribution in [2.45, 2.75) is 45.8 Å². The Morgan fingerprint density at radius 3 is 2.61 bits per heavy atom. The SMILES string of the molecule is CCCC(OCC)C(NN)c1ccc(F)cc1C. The van der Waals surface area contributed by atoms with Crippen LogP contribution in [0.5, 0.6) is 0 Å². The molecule has 3 N–H and O–H groups in total. The van der Waals surface area contributed by atoms with Crippen LogP contribution in [0.15, 0.2) is 18.2 Å². The van der Waals surface area contributed by atoms with Crippen LogP contribution in [0.3, 0.4) is 0 Å². The van der Waals surface area contributed by atoms with Crippen LogP contribution in [-0.2, 0) is 4.74 Å². The molecule has 102 valence electrons. The summed E-state index contributed by atoms with van der Waals surface area (Å²) in [7, 11) is 0. The topological polar surface area (TPSA) is 47.3 Å². The molecular formula is C14H23FN2O. The molecule has 3 nitrogen and oxygen atoms in total. The zero-order chi connectivity index (χ0) is 13.5. The minimum absolute atomic E-state index is 0.00848. The maximum Gasteiger partial charge on any atom is 0.123 e. The zero-order valence-corrected chi connectivity index (χ0v) is 11.4. The first-order valence-electron chi connectivity index (χ1n) is 6.47. The molecule has 0 aromatic heterocycles. The molecule has 0 aliphatic carbocycles. The lowest BCUT2D eigenvalue weighted by Crippen LogP contribution is -2.38. The monoisotopic (exact) mass is 254 g/mol. The van der Waals surface area contributed by atoms with Gasteiger partial charge in [0.1, 0.15) is 5.82 Å². The molecule has 2 atom stereocenters. The van der Waals surface area contributed by atoms with E-state index in [1.165, 1.54) is 12.1 Å². The van der Waals surface area contributed by atoms with Gasteiger partial charge in [-0.3, -0.25) is 11.3 Å². The highest BCUT2D eigenvalue weighted by atomic mass is 19.1. The zero-order valence-electron chi connectivity index (χ0n) is 11.4. The van der Waals surface area contributed by atoms with Crippen LogP contribution in [0.2, 0.25) is 0 Å². The molecule has 0 bridgehead atoms. The molecular weight excluding hydrogens is 231 g/mol. The fraction of sp³-hybridized carbons (Fsp3) is 0.571. The Balaban J connectivity index is 2.98. The Morgan fingerprint density at radius 2 is 2.11 bits per heavy atom. The summed E-state index contributed by atoms with van der Waals surface area (Å²) in [6, 6.07) is 4.65. The van der Waals surface area contributed by atoms with Gasteiger partial charge in [-0.25, -0.2) is 4.39 Å². The molecule has 0 amide bonds. The van der Waals surface area contributed by atoms with E-state index in [9.17, 15) is 4.39 Å². The number of ether oxygens (including phenoxy) is 1. The van der Waals surface area contributed by atoms with Crippen LogP contribution in [-0.4, -0.2) is 12.7 Å². The quantitative estimate of drug-likeness (QED) is 0.581. The number of hydrazine groups is 1. The van der Waals surface area contributed by atoms with Gasteiger partial charge in [-0.1, -0.05) is 19.4 Å². The normalized spacial score (nSPS) is 14.5. The lowest BCUT2D eigenvalue weighted by molar-refractivity contribution is 0.0274. The molecule has 0 fully saturated rings. The van der Waals surface area contributed by atoms with Crippen molar-refractivity contribution in [3.8, 4) is 0 Å². The van der Waals surface area contributed by atoms with E-state index in [0.29, 0.717) is 6.61 Å². The summed E-state index contributed by atoms with van der Waals surface area (Å²) in [6.07, 6.45) is 1.94. The van der Waals surface area contributed by atoms with Gasteiger partial charge >= 0.3 is 0 Å². The van der Waals surface area contributed by atoms with Crippen molar-refractivity contribution >= 4 is 0 Å². The minimum atomic E-state index is -0.226. The lowest BCUT2D eigenvalue weighted by atomic mass is 9.95. The van der Waals surface area contributed by atoms with Gasteiger partial charge in [-0.15, -0.1) is 0 Å². The molecule has 2 unspecified atom stereocenters. The number of hydrogen-bond acceptors (Lipinski definition) is 3. The van der Waals surface area contributed by atoms with Crippen LogP contribution >= 0.6 is 0 Å². The van der Waals surface area contributed by atoms with Crippen LogP contribution in [0, 0.1) is 12.7 Å². The molecule has 0 heterocycles. The summed E-state index contributed by atoms with van der Waals surface area (Å²) in [6.45, 7) is 6.60. The molecule has 1 aromatic carbocycles. The average molecular weight is 254 g/mol. The summed E-state index contributed by atoms with van der Waals surface area (Å²) in [5.74, 6) is 5.42. The van der Waals surface area contributed by atoms with E-state index < -0.39 is 0 Å². The molecule has 4 heteroatoms. The predicted molar refractivity (Wildman–Crippen MR) is 71.5 cm³/mol. The molecule has 0 aliphatic heterocycles. The Morgan fingerprint density at radius 1 is 1.39 bits per heavy atom.